The van der Waals surface area contributed by atoms with Crippen molar-refractivity contribution in [2.45, 2.75) is 25.2 Å². The first-order chi connectivity index (χ1) is 15.6. The lowest BCUT2D eigenvalue weighted by molar-refractivity contribution is -0.193. The van der Waals surface area contributed by atoms with E-state index in [1.807, 2.05) is 0 Å². The van der Waals surface area contributed by atoms with E-state index in [1.54, 1.807) is 18.2 Å². The number of benzene rings is 1. The monoisotopic (exact) mass is 542 g/mol. The molecule has 0 aromatic heterocycles. The summed E-state index contributed by atoms with van der Waals surface area (Å²) < 4.78 is 69.1. The van der Waals surface area contributed by atoms with Gasteiger partial charge in [0.1, 0.15) is 5.75 Å². The highest BCUT2D eigenvalue weighted by molar-refractivity contribution is 6.35. The number of carbonyl (C=O) groups is 2. The van der Waals surface area contributed by atoms with Crippen molar-refractivity contribution in [2.24, 2.45) is 5.73 Å². The van der Waals surface area contributed by atoms with Crippen molar-refractivity contribution < 1.29 is 50.9 Å². The molecule has 1 aromatic rings. The average molecular weight is 543 g/mol. The van der Waals surface area contributed by atoms with Gasteiger partial charge in [-0.1, -0.05) is 29.1 Å². The number of terminal acetylenes is 1. The number of nitrogens with two attached hydrogens (primary N) is 1. The van der Waals surface area contributed by atoms with Gasteiger partial charge in [0.25, 0.3) is 0 Å². The number of carboxylic acid groups (broad SMARTS) is 2. The first-order valence-corrected chi connectivity index (χ1v) is 9.85. The van der Waals surface area contributed by atoms with Crippen molar-refractivity contribution in [3.63, 3.8) is 0 Å². The third-order valence-corrected chi connectivity index (χ3v) is 3.78. The van der Waals surface area contributed by atoms with Crippen molar-refractivity contribution in [1.29, 1.82) is 0 Å². The molecule has 0 spiro atoms. The number of nitrogens with zero attached hydrogens (tertiary/aromatic N) is 1. The van der Waals surface area contributed by atoms with Gasteiger partial charge in [-0.25, -0.2) is 9.59 Å². The van der Waals surface area contributed by atoms with Gasteiger partial charge in [0, 0.05) is 18.1 Å². The van der Waals surface area contributed by atoms with Gasteiger partial charge in [0.15, 0.2) is 0 Å². The van der Waals surface area contributed by atoms with Crippen molar-refractivity contribution in [1.82, 2.24) is 4.90 Å². The predicted molar refractivity (Wildman–Crippen MR) is 113 cm³/mol. The lowest BCUT2D eigenvalue weighted by Gasteiger charge is -2.19. The van der Waals surface area contributed by atoms with Gasteiger partial charge in [-0.05, 0) is 37.6 Å². The summed E-state index contributed by atoms with van der Waals surface area (Å²) in [5, 5.41) is 15.4. The topological polar surface area (TPSA) is 113 Å². The summed E-state index contributed by atoms with van der Waals surface area (Å²) in [5.41, 5.74) is 5.50. The first kappa shape index (κ1) is 33.8. The molecule has 0 radical (unpaired) electrons. The van der Waals surface area contributed by atoms with Crippen LogP contribution < -0.4 is 10.5 Å². The maximum Gasteiger partial charge on any atom is 0.490 e. The van der Waals surface area contributed by atoms with E-state index in [2.05, 4.69) is 10.8 Å². The molecule has 0 bridgehead atoms. The number of rotatable bonds is 9. The fraction of sp³-hybridized carbons (Fsp3) is 0.474. The van der Waals surface area contributed by atoms with Gasteiger partial charge in [0.2, 0.25) is 0 Å². The molecule has 0 heterocycles. The van der Waals surface area contributed by atoms with Gasteiger partial charge in [-0.2, -0.15) is 26.3 Å². The summed E-state index contributed by atoms with van der Waals surface area (Å²) in [6.45, 7) is 3.71. The molecule has 0 saturated heterocycles. The van der Waals surface area contributed by atoms with Crippen LogP contribution in [0.4, 0.5) is 26.3 Å². The summed E-state index contributed by atoms with van der Waals surface area (Å²) in [5.74, 6) is -2.20. The van der Waals surface area contributed by atoms with Crippen LogP contribution in [0.5, 0.6) is 5.75 Å². The quantitative estimate of drug-likeness (QED) is 0.242. The van der Waals surface area contributed by atoms with Crippen LogP contribution in [0.1, 0.15) is 12.8 Å². The third-order valence-electron chi connectivity index (χ3n) is 3.25. The van der Waals surface area contributed by atoms with Crippen molar-refractivity contribution in [3.8, 4) is 18.1 Å². The minimum atomic E-state index is -5.08. The molecule has 0 aliphatic carbocycles. The lowest BCUT2D eigenvalue weighted by Crippen LogP contribution is -2.28. The zero-order valence-corrected chi connectivity index (χ0v) is 18.9. The molecule has 0 saturated carbocycles. The smallest absolute Gasteiger partial charge is 0.490 e. The second-order valence-electron chi connectivity index (χ2n) is 6.01. The van der Waals surface area contributed by atoms with Gasteiger partial charge in [-0.3, -0.25) is 4.90 Å². The SMILES string of the molecule is C#CCN(CCCN)CCCOc1ccc(Cl)cc1Cl.O=C(O)C(F)(F)F.O=C(O)C(F)(F)F. The fourth-order valence-corrected chi connectivity index (χ4v) is 2.24. The van der Waals surface area contributed by atoms with Crippen molar-refractivity contribution >= 4 is 35.1 Å². The molecule has 34 heavy (non-hydrogen) atoms. The number of halogens is 8. The standard InChI is InChI=1S/C15H20Cl2N2O.2C2HF3O2/c1-2-8-19(9-3-7-18)10-4-11-20-15-6-5-13(16)12-14(15)17;2*3-2(4,5)1(6)7/h1,5-6,12H,3-4,7-11,18H2;2*(H,6,7). The summed E-state index contributed by atoms with van der Waals surface area (Å²) in [7, 11) is 0. The van der Waals surface area contributed by atoms with Crippen LogP contribution in [0, 0.1) is 12.3 Å². The number of aliphatic carboxylic acids is 2. The Morgan fingerprint density at radius 3 is 1.88 bits per heavy atom. The van der Waals surface area contributed by atoms with E-state index in [0.717, 1.165) is 25.9 Å². The Bertz CT molecular complexity index is 777. The van der Waals surface area contributed by atoms with Crippen LogP contribution in [0.3, 0.4) is 0 Å². The van der Waals surface area contributed by atoms with Crippen molar-refractivity contribution in [3.05, 3.63) is 28.2 Å². The third kappa shape index (κ3) is 18.1. The molecule has 194 valence electrons. The predicted octanol–water partition coefficient (Wildman–Crippen LogP) is 4.31. The first-order valence-electron chi connectivity index (χ1n) is 9.10. The van der Waals surface area contributed by atoms with E-state index < -0.39 is 24.3 Å². The molecular formula is C19H22Cl2F6N2O5. The molecule has 0 aliphatic heterocycles. The average Bonchev–Trinajstić information content (AvgIpc) is 2.70. The maximum absolute atomic E-state index is 10.6. The fourth-order valence-electron chi connectivity index (χ4n) is 1.78. The number of alkyl halides is 6. The van der Waals surface area contributed by atoms with E-state index in [9.17, 15) is 26.3 Å². The molecule has 4 N–H and O–H groups in total. The van der Waals surface area contributed by atoms with Crippen LogP contribution in [0.2, 0.25) is 10.0 Å². The minimum Gasteiger partial charge on any atom is -0.492 e. The number of hydrogen-bond acceptors (Lipinski definition) is 5. The van der Waals surface area contributed by atoms with E-state index >= 15 is 0 Å². The Kier molecular flexibility index (Phi) is 17.0. The Morgan fingerprint density at radius 2 is 1.50 bits per heavy atom. The lowest BCUT2D eigenvalue weighted by atomic mass is 10.3. The zero-order valence-electron chi connectivity index (χ0n) is 17.4. The zero-order chi connectivity index (χ0) is 26.9. The van der Waals surface area contributed by atoms with E-state index in [1.165, 1.54) is 0 Å². The van der Waals surface area contributed by atoms with Crippen molar-refractivity contribution in [2.75, 3.05) is 32.8 Å². The highest BCUT2D eigenvalue weighted by atomic mass is 35.5. The Balaban J connectivity index is 0. The molecule has 0 fully saturated rings. The van der Waals surface area contributed by atoms with E-state index in [4.69, 9.17) is 59.9 Å². The number of carboxylic acids is 2. The Morgan fingerprint density at radius 1 is 1.03 bits per heavy atom. The molecule has 0 aliphatic rings. The van der Waals surface area contributed by atoms with Gasteiger partial charge >= 0.3 is 24.3 Å². The highest BCUT2D eigenvalue weighted by Gasteiger charge is 2.38. The van der Waals surface area contributed by atoms with Crippen LogP contribution >= 0.6 is 23.2 Å². The molecular weight excluding hydrogens is 521 g/mol. The second-order valence-corrected chi connectivity index (χ2v) is 6.85. The molecule has 1 aromatic carbocycles. The second kappa shape index (κ2) is 17.1. The normalized spacial score (nSPS) is 10.9. The van der Waals surface area contributed by atoms with Gasteiger partial charge < -0.3 is 20.7 Å². The molecule has 0 amide bonds. The number of hydrogen-bond donors (Lipinski definition) is 3. The van der Waals surface area contributed by atoms with Gasteiger partial charge in [-0.15, -0.1) is 6.42 Å². The van der Waals surface area contributed by atoms with Crippen LogP contribution in [-0.4, -0.2) is 72.2 Å². The molecule has 0 atom stereocenters. The van der Waals surface area contributed by atoms with Crippen LogP contribution in [0.25, 0.3) is 0 Å². The summed E-state index contributed by atoms with van der Waals surface area (Å²) in [6, 6.07) is 5.21. The van der Waals surface area contributed by atoms with E-state index in [0.29, 0.717) is 35.5 Å². The maximum atomic E-state index is 10.6. The molecule has 0 unspecified atom stereocenters. The molecule has 7 nitrogen and oxygen atoms in total. The minimum absolute atomic E-state index is 0.529. The summed E-state index contributed by atoms with van der Waals surface area (Å²) >= 11 is 11.9. The Hall–Kier alpha value is -2.40. The number of ether oxygens (including phenoxy) is 1. The summed E-state index contributed by atoms with van der Waals surface area (Å²) in [4.78, 5) is 20.0. The van der Waals surface area contributed by atoms with Crippen LogP contribution in [0.15, 0.2) is 18.2 Å². The Labute approximate surface area is 201 Å². The van der Waals surface area contributed by atoms with Crippen LogP contribution in [-0.2, 0) is 9.59 Å². The summed E-state index contributed by atoms with van der Waals surface area (Å²) in [6.07, 6.45) is -2.99. The molecule has 15 heteroatoms. The highest BCUT2D eigenvalue weighted by Crippen LogP contribution is 2.27. The van der Waals surface area contributed by atoms with E-state index in [-0.39, 0.29) is 0 Å². The van der Waals surface area contributed by atoms with Gasteiger partial charge in [0.05, 0.1) is 18.2 Å². The largest absolute Gasteiger partial charge is 0.492 e. The molecule has 1 rings (SSSR count).